The molecule has 0 atom stereocenters. The van der Waals surface area contributed by atoms with Gasteiger partial charge in [-0.15, -0.1) is 0 Å². The van der Waals surface area contributed by atoms with Crippen LogP contribution in [0.15, 0.2) is 48.5 Å². The highest BCUT2D eigenvalue weighted by atomic mass is 16.7. The van der Waals surface area contributed by atoms with Crippen molar-refractivity contribution in [3.05, 3.63) is 70.8 Å². The Morgan fingerprint density at radius 1 is 0.750 bits per heavy atom. The molecule has 124 valence electrons. The molecule has 0 aromatic heterocycles. The molecule has 0 spiro atoms. The van der Waals surface area contributed by atoms with E-state index in [0.29, 0.717) is 22.3 Å². The summed E-state index contributed by atoms with van der Waals surface area (Å²) in [6.07, 6.45) is -0.809. The topological polar surface area (TPSA) is 69.7 Å². The van der Waals surface area contributed by atoms with Crippen LogP contribution in [0, 0.1) is 0 Å². The first-order chi connectivity index (χ1) is 11.5. The van der Waals surface area contributed by atoms with Gasteiger partial charge in [0.2, 0.25) is 0 Å². The van der Waals surface area contributed by atoms with Crippen molar-refractivity contribution in [3.8, 4) is 0 Å². The second-order valence-corrected chi connectivity index (χ2v) is 5.34. The standard InChI is InChI=1S/C19H18O5/c1-13(20)17-7-3-5-15(9-17)11-23-19(22)24-12-16-6-4-8-18(10-16)14(2)21/h3-10H,11-12H2,1-2H3. The third-order valence-corrected chi connectivity index (χ3v) is 3.38. The van der Waals surface area contributed by atoms with Crippen LogP contribution in [0.2, 0.25) is 0 Å². The summed E-state index contributed by atoms with van der Waals surface area (Å²) in [7, 11) is 0. The Morgan fingerprint density at radius 2 is 1.17 bits per heavy atom. The van der Waals surface area contributed by atoms with Gasteiger partial charge >= 0.3 is 6.16 Å². The third-order valence-electron chi connectivity index (χ3n) is 3.38. The van der Waals surface area contributed by atoms with E-state index in [1.54, 1.807) is 48.5 Å². The predicted octanol–water partition coefficient (Wildman–Crippen LogP) is 3.95. The van der Waals surface area contributed by atoms with Crippen molar-refractivity contribution < 1.29 is 23.9 Å². The summed E-state index contributed by atoms with van der Waals surface area (Å²) in [6.45, 7) is 2.99. The first kappa shape index (κ1) is 17.4. The number of carbonyl (C=O) groups excluding carboxylic acids is 3. The smallest absolute Gasteiger partial charge is 0.429 e. The Kier molecular flexibility index (Phi) is 5.84. The molecule has 0 unspecified atom stereocenters. The lowest BCUT2D eigenvalue weighted by Crippen LogP contribution is -2.08. The van der Waals surface area contributed by atoms with Gasteiger partial charge in [0.1, 0.15) is 13.2 Å². The van der Waals surface area contributed by atoms with Gasteiger partial charge in [-0.2, -0.15) is 0 Å². The molecule has 2 aromatic rings. The molecule has 0 aliphatic heterocycles. The summed E-state index contributed by atoms with van der Waals surface area (Å²) >= 11 is 0. The number of carbonyl (C=O) groups is 3. The molecular weight excluding hydrogens is 308 g/mol. The van der Waals surface area contributed by atoms with Crippen LogP contribution in [0.25, 0.3) is 0 Å². The highest BCUT2D eigenvalue weighted by Gasteiger charge is 2.08. The Bertz CT molecular complexity index is 700. The molecule has 0 heterocycles. The Labute approximate surface area is 140 Å². The number of ketones is 2. The minimum atomic E-state index is -0.809. The van der Waals surface area contributed by atoms with E-state index in [0.717, 1.165) is 0 Å². The van der Waals surface area contributed by atoms with E-state index >= 15 is 0 Å². The van der Waals surface area contributed by atoms with E-state index in [4.69, 9.17) is 9.47 Å². The van der Waals surface area contributed by atoms with Gasteiger partial charge in [-0.25, -0.2) is 4.79 Å². The van der Waals surface area contributed by atoms with Gasteiger partial charge in [0.15, 0.2) is 11.6 Å². The molecular formula is C19H18O5. The Hall–Kier alpha value is -2.95. The average molecular weight is 326 g/mol. The van der Waals surface area contributed by atoms with Crippen molar-refractivity contribution >= 4 is 17.7 Å². The molecule has 2 rings (SSSR count). The number of hydrogen-bond acceptors (Lipinski definition) is 5. The zero-order chi connectivity index (χ0) is 17.5. The van der Waals surface area contributed by atoms with Crippen LogP contribution in [-0.4, -0.2) is 17.7 Å². The first-order valence-electron chi connectivity index (χ1n) is 7.45. The van der Waals surface area contributed by atoms with Crippen molar-refractivity contribution in [3.63, 3.8) is 0 Å². The predicted molar refractivity (Wildman–Crippen MR) is 87.9 cm³/mol. The van der Waals surface area contributed by atoms with Crippen LogP contribution < -0.4 is 0 Å². The van der Waals surface area contributed by atoms with Gasteiger partial charge in [-0.3, -0.25) is 9.59 Å². The van der Waals surface area contributed by atoms with E-state index in [1.807, 2.05) is 0 Å². The summed E-state index contributed by atoms with van der Waals surface area (Å²) in [6, 6.07) is 13.7. The first-order valence-corrected chi connectivity index (χ1v) is 7.45. The van der Waals surface area contributed by atoms with Gasteiger partial charge in [0.25, 0.3) is 0 Å². The van der Waals surface area contributed by atoms with Crippen LogP contribution >= 0.6 is 0 Å². The molecule has 0 aliphatic rings. The average Bonchev–Trinajstić information content (AvgIpc) is 2.58. The lowest BCUT2D eigenvalue weighted by molar-refractivity contribution is 0.0446. The Balaban J connectivity index is 1.85. The van der Waals surface area contributed by atoms with Crippen molar-refractivity contribution in [2.24, 2.45) is 0 Å². The number of hydrogen-bond donors (Lipinski definition) is 0. The third kappa shape index (κ3) is 5.05. The quantitative estimate of drug-likeness (QED) is 0.594. The van der Waals surface area contributed by atoms with E-state index in [9.17, 15) is 14.4 Å². The van der Waals surface area contributed by atoms with Crippen LogP contribution in [0.4, 0.5) is 4.79 Å². The van der Waals surface area contributed by atoms with Crippen LogP contribution in [0.1, 0.15) is 45.7 Å². The molecule has 0 saturated heterocycles. The number of rotatable bonds is 6. The van der Waals surface area contributed by atoms with E-state index < -0.39 is 6.16 Å². The molecule has 5 heteroatoms. The molecule has 24 heavy (non-hydrogen) atoms. The highest BCUT2D eigenvalue weighted by molar-refractivity contribution is 5.94. The van der Waals surface area contributed by atoms with E-state index in [1.165, 1.54) is 13.8 Å². The fourth-order valence-corrected chi connectivity index (χ4v) is 2.09. The van der Waals surface area contributed by atoms with Crippen LogP contribution in [0.5, 0.6) is 0 Å². The zero-order valence-corrected chi connectivity index (χ0v) is 13.6. The maximum Gasteiger partial charge on any atom is 0.508 e. The Morgan fingerprint density at radius 3 is 1.54 bits per heavy atom. The van der Waals surface area contributed by atoms with Crippen LogP contribution in [-0.2, 0) is 22.7 Å². The minimum absolute atomic E-state index is 0.0213. The van der Waals surface area contributed by atoms with Gasteiger partial charge in [0.05, 0.1) is 0 Å². The van der Waals surface area contributed by atoms with Gasteiger partial charge < -0.3 is 9.47 Å². The van der Waals surface area contributed by atoms with Gasteiger partial charge in [-0.1, -0.05) is 36.4 Å². The molecule has 2 aromatic carbocycles. The van der Waals surface area contributed by atoms with Crippen LogP contribution in [0.3, 0.4) is 0 Å². The van der Waals surface area contributed by atoms with Crippen molar-refractivity contribution in [1.29, 1.82) is 0 Å². The second kappa shape index (κ2) is 8.06. The molecule has 0 bridgehead atoms. The summed E-state index contributed by atoms with van der Waals surface area (Å²) in [5.41, 5.74) is 2.53. The van der Waals surface area contributed by atoms with Crippen molar-refractivity contribution in [1.82, 2.24) is 0 Å². The summed E-state index contributed by atoms with van der Waals surface area (Å²) in [4.78, 5) is 34.3. The molecule has 0 aliphatic carbocycles. The van der Waals surface area contributed by atoms with E-state index in [2.05, 4.69) is 0 Å². The minimum Gasteiger partial charge on any atom is -0.429 e. The fraction of sp³-hybridized carbons (Fsp3) is 0.211. The van der Waals surface area contributed by atoms with E-state index in [-0.39, 0.29) is 24.8 Å². The number of benzene rings is 2. The maximum atomic E-state index is 11.6. The number of Topliss-reactive ketones (excluding diaryl/α,β-unsaturated/α-hetero) is 2. The normalized spacial score (nSPS) is 10.1. The van der Waals surface area contributed by atoms with Crippen molar-refractivity contribution in [2.45, 2.75) is 27.1 Å². The second-order valence-electron chi connectivity index (χ2n) is 5.34. The zero-order valence-electron chi connectivity index (χ0n) is 13.6. The van der Waals surface area contributed by atoms with Crippen molar-refractivity contribution in [2.75, 3.05) is 0 Å². The number of ether oxygens (including phenoxy) is 2. The lowest BCUT2D eigenvalue weighted by atomic mass is 10.1. The molecule has 0 radical (unpaired) electrons. The molecule has 0 N–H and O–H groups in total. The lowest BCUT2D eigenvalue weighted by Gasteiger charge is -2.08. The SMILES string of the molecule is CC(=O)c1cccc(COC(=O)OCc2cccc(C(C)=O)c2)c1. The molecule has 5 nitrogen and oxygen atoms in total. The fourth-order valence-electron chi connectivity index (χ4n) is 2.09. The summed E-state index contributed by atoms with van der Waals surface area (Å²) in [5, 5.41) is 0. The van der Waals surface area contributed by atoms with Gasteiger partial charge in [-0.05, 0) is 37.1 Å². The largest absolute Gasteiger partial charge is 0.508 e. The van der Waals surface area contributed by atoms with Gasteiger partial charge in [0, 0.05) is 11.1 Å². The highest BCUT2D eigenvalue weighted by Crippen LogP contribution is 2.10. The molecule has 0 fully saturated rings. The molecule has 0 amide bonds. The summed E-state index contributed by atoms with van der Waals surface area (Å²) < 4.78 is 10.0. The monoisotopic (exact) mass is 326 g/mol. The summed E-state index contributed by atoms with van der Waals surface area (Å²) in [5.74, 6) is -0.102. The maximum absolute atomic E-state index is 11.6. The molecule has 0 saturated carbocycles.